The van der Waals surface area contributed by atoms with Crippen molar-refractivity contribution in [1.82, 2.24) is 15.5 Å². The van der Waals surface area contributed by atoms with Crippen molar-refractivity contribution in [2.24, 2.45) is 0 Å². The monoisotopic (exact) mass is 449 g/mol. The molecule has 8 nitrogen and oxygen atoms in total. The minimum absolute atomic E-state index is 0.0510. The number of ether oxygens (including phenoxy) is 3. The number of hydrogen-bond acceptors (Lipinski definition) is 8. The van der Waals surface area contributed by atoms with E-state index in [4.69, 9.17) is 30.3 Å². The molecule has 0 saturated carbocycles. The summed E-state index contributed by atoms with van der Waals surface area (Å²) in [6.45, 7) is 4.58. The predicted molar refractivity (Wildman–Crippen MR) is 111 cm³/mol. The van der Waals surface area contributed by atoms with Crippen LogP contribution in [0.25, 0.3) is 10.6 Å². The molecule has 158 valence electrons. The number of carbonyl (C=O) groups is 1. The Morgan fingerprint density at radius 1 is 1.40 bits per heavy atom. The molecule has 4 rings (SSSR count). The average Bonchev–Trinajstić information content (AvgIpc) is 3.44. The Balaban J connectivity index is 1.42. The molecule has 1 fully saturated rings. The molecule has 1 N–H and O–H groups in total. The van der Waals surface area contributed by atoms with Crippen LogP contribution < -0.4 is 14.8 Å². The number of hydrogen-bond donors (Lipinski definition) is 1. The second-order valence-corrected chi connectivity index (χ2v) is 8.23. The topological polar surface area (TPSA) is 95.7 Å². The molecule has 1 aromatic carbocycles. The van der Waals surface area contributed by atoms with E-state index in [2.05, 4.69) is 15.5 Å². The molecule has 2 aromatic heterocycles. The third kappa shape index (κ3) is 4.92. The molecule has 1 aliphatic rings. The summed E-state index contributed by atoms with van der Waals surface area (Å²) in [5.74, 6) is 1.57. The highest BCUT2D eigenvalue weighted by molar-refractivity contribution is 7.16. The van der Waals surface area contributed by atoms with Gasteiger partial charge in [-0.25, -0.2) is 4.98 Å². The van der Waals surface area contributed by atoms with Crippen molar-refractivity contribution in [3.8, 4) is 27.3 Å². The van der Waals surface area contributed by atoms with Crippen LogP contribution in [0.15, 0.2) is 35.0 Å². The van der Waals surface area contributed by atoms with Gasteiger partial charge in [0.15, 0.2) is 5.76 Å². The number of rotatable bonds is 7. The maximum absolute atomic E-state index is 11.2. The number of amides is 1. The smallest absolute Gasteiger partial charge is 0.279 e. The molecule has 0 radical (unpaired) electrons. The summed E-state index contributed by atoms with van der Waals surface area (Å²) in [5.41, 5.74) is 0.614. The van der Waals surface area contributed by atoms with Gasteiger partial charge in [0.05, 0.1) is 35.4 Å². The minimum atomic E-state index is -0.275. The number of carbonyl (C=O) groups excluding carboxylic acids is 1. The lowest BCUT2D eigenvalue weighted by Crippen LogP contribution is -2.23. The van der Waals surface area contributed by atoms with Gasteiger partial charge in [0.25, 0.3) is 5.19 Å². The Morgan fingerprint density at radius 2 is 2.27 bits per heavy atom. The minimum Gasteiger partial charge on any atom is -0.488 e. The lowest BCUT2D eigenvalue weighted by molar-refractivity contribution is -0.119. The third-order valence-electron chi connectivity index (χ3n) is 4.40. The SMILES string of the molecule is CC(=O)NC(C)c1cc(-c2cnc(Oc3ccc(OC4CCOC4)cc3Cl)s2)no1. The first-order valence-electron chi connectivity index (χ1n) is 9.39. The van der Waals surface area contributed by atoms with Crippen molar-refractivity contribution in [1.29, 1.82) is 0 Å². The number of nitrogens with one attached hydrogen (secondary N) is 1. The zero-order chi connectivity index (χ0) is 21.1. The summed E-state index contributed by atoms with van der Waals surface area (Å²) in [5, 5.41) is 7.65. The Bertz CT molecular complexity index is 1030. The lowest BCUT2D eigenvalue weighted by atomic mass is 10.2. The van der Waals surface area contributed by atoms with Crippen LogP contribution in [0.5, 0.6) is 16.7 Å². The number of aromatic nitrogens is 2. The van der Waals surface area contributed by atoms with Gasteiger partial charge in [0.2, 0.25) is 5.91 Å². The van der Waals surface area contributed by atoms with Gasteiger partial charge in [-0.2, -0.15) is 0 Å². The lowest BCUT2D eigenvalue weighted by Gasteiger charge is -2.13. The van der Waals surface area contributed by atoms with E-state index in [1.165, 1.54) is 18.3 Å². The molecule has 30 heavy (non-hydrogen) atoms. The molecule has 1 saturated heterocycles. The molecule has 0 aliphatic carbocycles. The second-order valence-electron chi connectivity index (χ2n) is 6.82. The van der Waals surface area contributed by atoms with Crippen molar-refractivity contribution in [3.05, 3.63) is 41.2 Å². The highest BCUT2D eigenvalue weighted by atomic mass is 35.5. The van der Waals surface area contributed by atoms with Gasteiger partial charge in [-0.15, -0.1) is 0 Å². The summed E-state index contributed by atoms with van der Waals surface area (Å²) >= 11 is 7.66. The third-order valence-corrected chi connectivity index (χ3v) is 5.60. The van der Waals surface area contributed by atoms with Crippen LogP contribution in [0.2, 0.25) is 5.02 Å². The van der Waals surface area contributed by atoms with E-state index in [1.807, 2.05) is 6.92 Å². The van der Waals surface area contributed by atoms with Gasteiger partial charge < -0.3 is 24.1 Å². The van der Waals surface area contributed by atoms with Gasteiger partial charge in [-0.3, -0.25) is 4.79 Å². The van der Waals surface area contributed by atoms with E-state index in [0.29, 0.717) is 46.4 Å². The fourth-order valence-electron chi connectivity index (χ4n) is 2.94. The van der Waals surface area contributed by atoms with E-state index >= 15 is 0 Å². The zero-order valence-corrected chi connectivity index (χ0v) is 18.0. The van der Waals surface area contributed by atoms with E-state index in [9.17, 15) is 4.79 Å². The number of benzene rings is 1. The molecular weight excluding hydrogens is 430 g/mol. The number of thiazole rings is 1. The van der Waals surface area contributed by atoms with Crippen LogP contribution in [0.1, 0.15) is 32.1 Å². The molecule has 2 unspecified atom stereocenters. The normalized spacial score (nSPS) is 17.0. The molecule has 3 heterocycles. The first kappa shape index (κ1) is 20.6. The summed E-state index contributed by atoms with van der Waals surface area (Å²) < 4.78 is 22.3. The first-order valence-corrected chi connectivity index (χ1v) is 10.6. The van der Waals surface area contributed by atoms with Gasteiger partial charge in [0, 0.05) is 25.5 Å². The summed E-state index contributed by atoms with van der Waals surface area (Å²) in [6, 6.07) is 6.77. The van der Waals surface area contributed by atoms with E-state index < -0.39 is 0 Å². The average molecular weight is 450 g/mol. The molecule has 1 amide bonds. The van der Waals surface area contributed by atoms with Crippen LogP contribution in [-0.2, 0) is 9.53 Å². The summed E-state index contributed by atoms with van der Waals surface area (Å²) in [4.78, 5) is 16.2. The Hall–Kier alpha value is -2.62. The highest BCUT2D eigenvalue weighted by Crippen LogP contribution is 2.37. The van der Waals surface area contributed by atoms with Crippen LogP contribution >= 0.6 is 22.9 Å². The molecule has 2 atom stereocenters. The molecule has 10 heteroatoms. The van der Waals surface area contributed by atoms with Crippen LogP contribution in [0, 0.1) is 0 Å². The highest BCUT2D eigenvalue weighted by Gasteiger charge is 2.19. The van der Waals surface area contributed by atoms with Crippen molar-refractivity contribution in [2.75, 3.05) is 13.2 Å². The largest absolute Gasteiger partial charge is 0.488 e. The second kappa shape index (κ2) is 9.03. The van der Waals surface area contributed by atoms with Gasteiger partial charge in [-0.1, -0.05) is 28.1 Å². The maximum Gasteiger partial charge on any atom is 0.279 e. The quantitative estimate of drug-likeness (QED) is 0.562. The van der Waals surface area contributed by atoms with Crippen molar-refractivity contribution in [2.45, 2.75) is 32.4 Å². The van der Waals surface area contributed by atoms with Gasteiger partial charge >= 0.3 is 0 Å². The Labute approximate surface area is 182 Å². The first-order chi connectivity index (χ1) is 14.5. The number of halogens is 1. The van der Waals surface area contributed by atoms with Crippen LogP contribution in [-0.4, -0.2) is 35.4 Å². The van der Waals surface area contributed by atoms with Crippen LogP contribution in [0.4, 0.5) is 0 Å². The predicted octanol–water partition coefficient (Wildman–Crippen LogP) is 4.61. The van der Waals surface area contributed by atoms with E-state index in [-0.39, 0.29) is 18.1 Å². The molecule has 0 bridgehead atoms. The van der Waals surface area contributed by atoms with Crippen molar-refractivity contribution in [3.63, 3.8) is 0 Å². The van der Waals surface area contributed by atoms with Crippen molar-refractivity contribution >= 4 is 28.8 Å². The summed E-state index contributed by atoms with van der Waals surface area (Å²) in [7, 11) is 0. The fourth-order valence-corrected chi connectivity index (χ4v) is 3.88. The standard InChI is InChI=1S/C20H20ClN3O5S/c1-11(23-12(2)25)18-8-16(24-29-18)19-9-22-20(30-19)28-17-4-3-13(7-15(17)21)27-14-5-6-26-10-14/h3-4,7-9,11,14H,5-6,10H2,1-2H3,(H,23,25). The molecular formula is C20H20ClN3O5S. The molecule has 1 aliphatic heterocycles. The molecule has 0 spiro atoms. The van der Waals surface area contributed by atoms with Crippen LogP contribution in [0.3, 0.4) is 0 Å². The fraction of sp³-hybridized carbons (Fsp3) is 0.350. The zero-order valence-electron chi connectivity index (χ0n) is 16.4. The van der Waals surface area contributed by atoms with Crippen molar-refractivity contribution < 1.29 is 23.5 Å². The van der Waals surface area contributed by atoms with Gasteiger partial charge in [-0.05, 0) is 19.1 Å². The Morgan fingerprint density at radius 3 is 3.00 bits per heavy atom. The van der Waals surface area contributed by atoms with Gasteiger partial charge in [0.1, 0.15) is 23.3 Å². The molecule has 3 aromatic rings. The Kier molecular flexibility index (Phi) is 6.21. The maximum atomic E-state index is 11.2. The van der Waals surface area contributed by atoms with E-state index in [1.54, 1.807) is 30.5 Å². The summed E-state index contributed by atoms with van der Waals surface area (Å²) in [6.07, 6.45) is 2.57. The van der Waals surface area contributed by atoms with E-state index in [0.717, 1.165) is 11.3 Å². The number of nitrogens with zero attached hydrogens (tertiary/aromatic N) is 2.